The zero-order chi connectivity index (χ0) is 15.9. The summed E-state index contributed by atoms with van der Waals surface area (Å²) in [6.45, 7) is 4.27. The van der Waals surface area contributed by atoms with Gasteiger partial charge in [0.25, 0.3) is 0 Å². The lowest BCUT2D eigenvalue weighted by Gasteiger charge is -1.99. The molecule has 0 spiro atoms. The molecule has 1 N–H and O–H groups in total. The van der Waals surface area contributed by atoms with Crippen molar-refractivity contribution in [3.05, 3.63) is 41.7 Å². The van der Waals surface area contributed by atoms with Crippen LogP contribution in [0.3, 0.4) is 0 Å². The van der Waals surface area contributed by atoms with Gasteiger partial charge in [-0.2, -0.15) is 0 Å². The van der Waals surface area contributed by atoms with Gasteiger partial charge in [-0.15, -0.1) is 10.2 Å². The molecule has 2 rings (SSSR count). The standard InChI is InChI=1S/C15H16FN3OS2/c1-10(2)9-21-15-19-18-14(22-15)17-13(20)8-5-11-3-6-12(16)7-4-11/h3-8,10H,9H2,1-2H3,(H,17,18,20)/b8-5+. The molecule has 0 aliphatic carbocycles. The maximum Gasteiger partial charge on any atom is 0.250 e. The summed E-state index contributed by atoms with van der Waals surface area (Å²) < 4.78 is 13.6. The number of halogens is 1. The SMILES string of the molecule is CC(C)CSc1nnc(NC(=O)/C=C/c2ccc(F)cc2)s1. The van der Waals surface area contributed by atoms with Crippen LogP contribution in [-0.2, 0) is 4.79 Å². The summed E-state index contributed by atoms with van der Waals surface area (Å²) >= 11 is 2.98. The Hall–Kier alpha value is -1.73. The van der Waals surface area contributed by atoms with Gasteiger partial charge in [0, 0.05) is 11.8 Å². The summed E-state index contributed by atoms with van der Waals surface area (Å²) in [6.07, 6.45) is 3.00. The summed E-state index contributed by atoms with van der Waals surface area (Å²) in [7, 11) is 0. The average Bonchev–Trinajstić information content (AvgIpc) is 2.92. The van der Waals surface area contributed by atoms with Gasteiger partial charge in [-0.05, 0) is 29.7 Å². The highest BCUT2D eigenvalue weighted by molar-refractivity contribution is 8.01. The Morgan fingerprint density at radius 2 is 2.09 bits per heavy atom. The van der Waals surface area contributed by atoms with E-state index in [1.54, 1.807) is 30.0 Å². The summed E-state index contributed by atoms with van der Waals surface area (Å²) in [6, 6.07) is 5.90. The molecule has 0 saturated carbocycles. The Labute approximate surface area is 136 Å². The first-order valence-electron chi connectivity index (χ1n) is 6.74. The molecule has 0 saturated heterocycles. The molecule has 1 amide bonds. The minimum Gasteiger partial charge on any atom is -0.297 e. The number of carbonyl (C=O) groups is 1. The van der Waals surface area contributed by atoms with Crippen LogP contribution in [0.5, 0.6) is 0 Å². The summed E-state index contributed by atoms with van der Waals surface area (Å²) in [5.41, 5.74) is 0.752. The summed E-state index contributed by atoms with van der Waals surface area (Å²) in [4.78, 5) is 11.8. The van der Waals surface area contributed by atoms with Gasteiger partial charge in [-0.25, -0.2) is 4.39 Å². The fraction of sp³-hybridized carbons (Fsp3) is 0.267. The molecule has 7 heteroatoms. The molecule has 1 aromatic carbocycles. The van der Waals surface area contributed by atoms with Crippen molar-refractivity contribution < 1.29 is 9.18 Å². The van der Waals surface area contributed by atoms with E-state index in [0.717, 1.165) is 15.7 Å². The van der Waals surface area contributed by atoms with Crippen LogP contribution in [-0.4, -0.2) is 21.9 Å². The maximum atomic E-state index is 12.8. The molecular weight excluding hydrogens is 321 g/mol. The highest BCUT2D eigenvalue weighted by atomic mass is 32.2. The third-order valence-corrected chi connectivity index (χ3v) is 4.87. The number of nitrogens with one attached hydrogen (secondary N) is 1. The third kappa shape index (κ3) is 5.57. The van der Waals surface area contributed by atoms with Crippen molar-refractivity contribution in [2.24, 2.45) is 5.92 Å². The molecule has 0 radical (unpaired) electrons. The van der Waals surface area contributed by atoms with E-state index in [-0.39, 0.29) is 11.7 Å². The van der Waals surface area contributed by atoms with Crippen molar-refractivity contribution in [3.8, 4) is 0 Å². The molecule has 0 fully saturated rings. The molecule has 1 aromatic heterocycles. The van der Waals surface area contributed by atoms with Gasteiger partial charge < -0.3 is 0 Å². The highest BCUT2D eigenvalue weighted by Crippen LogP contribution is 2.26. The molecule has 116 valence electrons. The van der Waals surface area contributed by atoms with Crippen molar-refractivity contribution in [1.82, 2.24) is 10.2 Å². The van der Waals surface area contributed by atoms with E-state index in [9.17, 15) is 9.18 Å². The first-order chi connectivity index (χ1) is 10.5. The van der Waals surface area contributed by atoms with Gasteiger partial charge in [-0.1, -0.05) is 49.1 Å². The Morgan fingerprint density at radius 3 is 2.77 bits per heavy atom. The molecule has 22 heavy (non-hydrogen) atoms. The Bertz CT molecular complexity index is 653. The zero-order valence-electron chi connectivity index (χ0n) is 12.2. The topological polar surface area (TPSA) is 54.9 Å². The molecule has 0 atom stereocenters. The van der Waals surface area contributed by atoms with Gasteiger partial charge in [0.1, 0.15) is 5.82 Å². The highest BCUT2D eigenvalue weighted by Gasteiger charge is 2.07. The van der Waals surface area contributed by atoms with E-state index in [2.05, 4.69) is 29.4 Å². The van der Waals surface area contributed by atoms with Gasteiger partial charge in [0.05, 0.1) is 0 Å². The van der Waals surface area contributed by atoms with Crippen LogP contribution >= 0.6 is 23.1 Å². The number of anilines is 1. The molecular formula is C15H16FN3OS2. The van der Waals surface area contributed by atoms with Crippen molar-refractivity contribution >= 4 is 40.2 Å². The summed E-state index contributed by atoms with van der Waals surface area (Å²) in [5.74, 6) is 0.945. The van der Waals surface area contributed by atoms with Crippen LogP contribution in [0.2, 0.25) is 0 Å². The number of thioether (sulfide) groups is 1. The van der Waals surface area contributed by atoms with Crippen molar-refractivity contribution in [2.75, 3.05) is 11.1 Å². The Morgan fingerprint density at radius 1 is 1.36 bits per heavy atom. The van der Waals surface area contributed by atoms with Gasteiger partial charge in [-0.3, -0.25) is 10.1 Å². The van der Waals surface area contributed by atoms with Crippen LogP contribution in [0.1, 0.15) is 19.4 Å². The molecule has 0 bridgehead atoms. The van der Waals surface area contributed by atoms with Gasteiger partial charge >= 0.3 is 0 Å². The van der Waals surface area contributed by atoms with Crippen LogP contribution in [0, 0.1) is 11.7 Å². The fourth-order valence-electron chi connectivity index (χ4n) is 1.45. The zero-order valence-corrected chi connectivity index (χ0v) is 13.9. The van der Waals surface area contributed by atoms with Crippen LogP contribution in [0.15, 0.2) is 34.7 Å². The Balaban J connectivity index is 1.87. The Kier molecular flexibility index (Phi) is 6.09. The number of aromatic nitrogens is 2. The predicted molar refractivity (Wildman–Crippen MR) is 89.5 cm³/mol. The predicted octanol–water partition coefficient (Wildman–Crippen LogP) is 4.08. The second-order valence-corrected chi connectivity index (χ2v) is 7.20. The molecule has 4 nitrogen and oxygen atoms in total. The number of carbonyl (C=O) groups excluding carboxylic acids is 1. The van der Waals surface area contributed by atoms with E-state index in [4.69, 9.17) is 0 Å². The smallest absolute Gasteiger partial charge is 0.250 e. The quantitative estimate of drug-likeness (QED) is 0.490. The number of hydrogen-bond donors (Lipinski definition) is 1. The number of rotatable bonds is 6. The van der Waals surface area contributed by atoms with E-state index < -0.39 is 0 Å². The average molecular weight is 337 g/mol. The lowest BCUT2D eigenvalue weighted by Crippen LogP contribution is -2.07. The fourth-order valence-corrected chi connectivity index (χ4v) is 3.18. The molecule has 0 unspecified atom stereocenters. The first-order valence-corrected chi connectivity index (χ1v) is 8.54. The third-order valence-electron chi connectivity index (χ3n) is 2.47. The minimum atomic E-state index is -0.304. The van der Waals surface area contributed by atoms with Crippen LogP contribution in [0.4, 0.5) is 9.52 Å². The monoisotopic (exact) mass is 337 g/mol. The largest absolute Gasteiger partial charge is 0.297 e. The summed E-state index contributed by atoms with van der Waals surface area (Å²) in [5, 5.41) is 11.1. The number of amides is 1. The lowest BCUT2D eigenvalue weighted by atomic mass is 10.2. The second kappa shape index (κ2) is 8.05. The number of benzene rings is 1. The normalized spacial score (nSPS) is 11.3. The molecule has 2 aromatic rings. The maximum absolute atomic E-state index is 12.8. The number of hydrogen-bond acceptors (Lipinski definition) is 5. The first kappa shape index (κ1) is 16.6. The number of nitrogens with zero attached hydrogens (tertiary/aromatic N) is 2. The van der Waals surface area contributed by atoms with E-state index in [1.807, 2.05) is 0 Å². The van der Waals surface area contributed by atoms with Crippen LogP contribution in [0.25, 0.3) is 6.08 Å². The van der Waals surface area contributed by atoms with Crippen molar-refractivity contribution in [1.29, 1.82) is 0 Å². The van der Waals surface area contributed by atoms with E-state index in [0.29, 0.717) is 11.0 Å². The van der Waals surface area contributed by atoms with Crippen molar-refractivity contribution in [2.45, 2.75) is 18.2 Å². The molecule has 0 aliphatic heterocycles. The van der Waals surface area contributed by atoms with Crippen molar-refractivity contribution in [3.63, 3.8) is 0 Å². The van der Waals surface area contributed by atoms with Gasteiger partial charge in [0.2, 0.25) is 11.0 Å². The van der Waals surface area contributed by atoms with E-state index >= 15 is 0 Å². The minimum absolute atomic E-state index is 0.291. The second-order valence-electron chi connectivity index (χ2n) is 4.95. The van der Waals surface area contributed by atoms with Gasteiger partial charge in [0.15, 0.2) is 4.34 Å². The lowest BCUT2D eigenvalue weighted by molar-refractivity contribution is -0.111. The molecule has 1 heterocycles. The van der Waals surface area contributed by atoms with E-state index in [1.165, 1.54) is 29.5 Å². The van der Waals surface area contributed by atoms with Crippen LogP contribution < -0.4 is 5.32 Å². The molecule has 0 aliphatic rings.